The lowest BCUT2D eigenvalue weighted by atomic mass is 10.1. The molecule has 1 aromatic rings. The fraction of sp³-hybridized carbons (Fsp3) is 0.538. The Balaban J connectivity index is 2.69. The van der Waals surface area contributed by atoms with Crippen LogP contribution in [0.1, 0.15) is 25.3 Å². The van der Waals surface area contributed by atoms with Gasteiger partial charge in [0, 0.05) is 0 Å². The van der Waals surface area contributed by atoms with E-state index < -0.39 is 8.07 Å². The second-order valence-electron chi connectivity index (χ2n) is 5.05. The zero-order valence-corrected chi connectivity index (χ0v) is 10.9. The van der Waals surface area contributed by atoms with E-state index in [1.54, 1.807) is 5.19 Å². The molecule has 1 aromatic carbocycles. The Morgan fingerprint density at radius 3 is 2.00 bits per heavy atom. The monoisotopic (exact) mass is 206 g/mol. The van der Waals surface area contributed by atoms with Crippen molar-refractivity contribution in [3.63, 3.8) is 0 Å². The van der Waals surface area contributed by atoms with Gasteiger partial charge < -0.3 is 0 Å². The summed E-state index contributed by atoms with van der Waals surface area (Å²) >= 11 is 0. The van der Waals surface area contributed by atoms with E-state index in [1.165, 1.54) is 24.8 Å². The maximum Gasteiger partial charge on any atom is 0.0775 e. The van der Waals surface area contributed by atoms with Crippen LogP contribution >= 0.6 is 0 Å². The quantitative estimate of drug-likeness (QED) is 0.661. The third-order valence-corrected chi connectivity index (χ3v) is 4.70. The fourth-order valence-corrected chi connectivity index (χ4v) is 2.72. The largest absolute Gasteiger partial charge is 0.0775 e. The van der Waals surface area contributed by atoms with Gasteiger partial charge in [0.05, 0.1) is 8.07 Å². The fourth-order valence-electron chi connectivity index (χ4n) is 1.55. The van der Waals surface area contributed by atoms with E-state index in [0.29, 0.717) is 0 Å². The first-order valence-electron chi connectivity index (χ1n) is 5.63. The highest BCUT2D eigenvalue weighted by Crippen LogP contribution is 2.07. The number of hydrogen-bond acceptors (Lipinski definition) is 0. The van der Waals surface area contributed by atoms with Crippen molar-refractivity contribution in [1.82, 2.24) is 0 Å². The first-order valence-corrected chi connectivity index (χ1v) is 9.13. The van der Waals surface area contributed by atoms with Gasteiger partial charge in [0.25, 0.3) is 0 Å². The molecule has 0 aliphatic heterocycles. The number of benzene rings is 1. The molecule has 14 heavy (non-hydrogen) atoms. The van der Waals surface area contributed by atoms with Gasteiger partial charge in [0.15, 0.2) is 0 Å². The van der Waals surface area contributed by atoms with Crippen LogP contribution in [0.5, 0.6) is 0 Å². The Hall–Kier alpha value is -0.563. The minimum absolute atomic E-state index is 1.09. The first kappa shape index (κ1) is 11.5. The highest BCUT2D eigenvalue weighted by atomic mass is 28.3. The molecule has 0 aliphatic carbocycles. The van der Waals surface area contributed by atoms with Crippen LogP contribution in [0.15, 0.2) is 24.3 Å². The Bertz CT molecular complexity index is 266. The molecule has 0 aromatic heterocycles. The number of unbranched alkanes of at least 4 members (excludes halogenated alkanes) is 1. The van der Waals surface area contributed by atoms with E-state index in [0.717, 1.165) is 0 Å². The molecule has 0 fully saturated rings. The second-order valence-corrected chi connectivity index (χ2v) is 10.1. The molecule has 0 saturated carbocycles. The molecule has 0 N–H and O–H groups in total. The topological polar surface area (TPSA) is 0 Å². The van der Waals surface area contributed by atoms with Gasteiger partial charge in [-0.3, -0.25) is 0 Å². The number of rotatable bonds is 4. The summed E-state index contributed by atoms with van der Waals surface area (Å²) in [5.74, 6) is 0. The van der Waals surface area contributed by atoms with E-state index in [9.17, 15) is 0 Å². The van der Waals surface area contributed by atoms with Crippen molar-refractivity contribution in [1.29, 1.82) is 0 Å². The van der Waals surface area contributed by atoms with Gasteiger partial charge in [0.1, 0.15) is 0 Å². The van der Waals surface area contributed by atoms with E-state index >= 15 is 0 Å². The van der Waals surface area contributed by atoms with E-state index in [-0.39, 0.29) is 0 Å². The molecule has 0 saturated heterocycles. The van der Waals surface area contributed by atoms with Crippen LogP contribution in [0.4, 0.5) is 0 Å². The Kier molecular flexibility index (Phi) is 3.94. The molecule has 0 atom stereocenters. The molecular formula is C13H22Si. The summed E-state index contributed by atoms with van der Waals surface area (Å²) in [4.78, 5) is 0. The van der Waals surface area contributed by atoms with Crippen molar-refractivity contribution in [3.8, 4) is 0 Å². The van der Waals surface area contributed by atoms with Crippen molar-refractivity contribution in [2.45, 2.75) is 45.8 Å². The Labute approximate surface area is 89.4 Å². The van der Waals surface area contributed by atoms with Gasteiger partial charge in [-0.05, 0) is 18.4 Å². The van der Waals surface area contributed by atoms with Gasteiger partial charge in [-0.25, -0.2) is 0 Å². The molecule has 0 unspecified atom stereocenters. The molecule has 0 nitrogen and oxygen atoms in total. The molecule has 0 heterocycles. The molecule has 78 valence electrons. The molecule has 0 radical (unpaired) electrons. The molecule has 0 bridgehead atoms. The van der Waals surface area contributed by atoms with Crippen molar-refractivity contribution < 1.29 is 0 Å². The summed E-state index contributed by atoms with van der Waals surface area (Å²) in [6.07, 6.45) is 3.84. The summed E-state index contributed by atoms with van der Waals surface area (Å²) in [6.45, 7) is 9.44. The smallest absolute Gasteiger partial charge is 0.0656 e. The van der Waals surface area contributed by atoms with Crippen molar-refractivity contribution in [3.05, 3.63) is 29.8 Å². The van der Waals surface area contributed by atoms with Gasteiger partial charge >= 0.3 is 0 Å². The van der Waals surface area contributed by atoms with Gasteiger partial charge in [0.2, 0.25) is 0 Å². The van der Waals surface area contributed by atoms with Crippen molar-refractivity contribution >= 4 is 13.3 Å². The minimum atomic E-state index is -1.09. The molecule has 0 amide bonds. The SMILES string of the molecule is CCCCc1ccc([Si](C)(C)C)cc1. The number of hydrogen-bond donors (Lipinski definition) is 0. The predicted molar refractivity (Wildman–Crippen MR) is 68.0 cm³/mol. The molecule has 0 aliphatic rings. The van der Waals surface area contributed by atoms with Crippen LogP contribution in [0, 0.1) is 0 Å². The third-order valence-electron chi connectivity index (χ3n) is 2.64. The van der Waals surface area contributed by atoms with Crippen LogP contribution in [0.25, 0.3) is 0 Å². The van der Waals surface area contributed by atoms with Crippen LogP contribution in [-0.4, -0.2) is 8.07 Å². The maximum absolute atomic E-state index is 2.40. The van der Waals surface area contributed by atoms with Crippen LogP contribution in [0.2, 0.25) is 19.6 Å². The average Bonchev–Trinajstić information content (AvgIpc) is 2.14. The standard InChI is InChI=1S/C13H22Si/c1-5-6-7-12-8-10-13(11-9-12)14(2,3)4/h8-11H,5-7H2,1-4H3. The molecule has 0 spiro atoms. The lowest BCUT2D eigenvalue weighted by Gasteiger charge is -2.16. The summed E-state index contributed by atoms with van der Waals surface area (Å²) in [5, 5.41) is 1.57. The zero-order valence-electron chi connectivity index (χ0n) is 9.93. The van der Waals surface area contributed by atoms with Crippen molar-refractivity contribution in [2.24, 2.45) is 0 Å². The van der Waals surface area contributed by atoms with E-state index in [1.807, 2.05) is 0 Å². The summed E-state index contributed by atoms with van der Waals surface area (Å²) in [5.41, 5.74) is 1.49. The Morgan fingerprint density at radius 2 is 1.57 bits per heavy atom. The van der Waals surface area contributed by atoms with E-state index in [4.69, 9.17) is 0 Å². The first-order chi connectivity index (χ1) is 6.54. The van der Waals surface area contributed by atoms with Gasteiger partial charge in [-0.2, -0.15) is 0 Å². The van der Waals surface area contributed by atoms with Gasteiger partial charge in [-0.1, -0.05) is 62.4 Å². The lowest BCUT2D eigenvalue weighted by Crippen LogP contribution is -2.37. The second kappa shape index (κ2) is 4.79. The molecular weight excluding hydrogens is 184 g/mol. The third kappa shape index (κ3) is 3.30. The summed E-state index contributed by atoms with van der Waals surface area (Å²) < 4.78 is 0. The van der Waals surface area contributed by atoms with Gasteiger partial charge in [-0.15, -0.1) is 0 Å². The number of aryl methyl sites for hydroxylation is 1. The zero-order chi connectivity index (χ0) is 10.6. The van der Waals surface area contributed by atoms with E-state index in [2.05, 4.69) is 50.8 Å². The summed E-state index contributed by atoms with van der Waals surface area (Å²) in [6, 6.07) is 9.28. The van der Waals surface area contributed by atoms with Crippen LogP contribution < -0.4 is 5.19 Å². The maximum atomic E-state index is 2.40. The highest BCUT2D eigenvalue weighted by molar-refractivity contribution is 6.88. The van der Waals surface area contributed by atoms with Crippen LogP contribution in [0.3, 0.4) is 0 Å². The minimum Gasteiger partial charge on any atom is -0.0656 e. The normalized spacial score (nSPS) is 11.7. The average molecular weight is 206 g/mol. The predicted octanol–water partition coefficient (Wildman–Crippen LogP) is 3.57. The Morgan fingerprint density at radius 1 is 1.00 bits per heavy atom. The van der Waals surface area contributed by atoms with Crippen LogP contribution in [-0.2, 0) is 6.42 Å². The summed E-state index contributed by atoms with van der Waals surface area (Å²) in [7, 11) is -1.09. The van der Waals surface area contributed by atoms with Crippen molar-refractivity contribution in [2.75, 3.05) is 0 Å². The molecule has 1 rings (SSSR count). The highest BCUT2D eigenvalue weighted by Gasteiger charge is 2.15. The lowest BCUT2D eigenvalue weighted by molar-refractivity contribution is 0.795. The molecule has 1 heteroatoms.